The van der Waals surface area contributed by atoms with Crippen LogP contribution in [0.25, 0.3) is 10.9 Å². The van der Waals surface area contributed by atoms with Crippen molar-refractivity contribution in [2.45, 2.75) is 119 Å². The summed E-state index contributed by atoms with van der Waals surface area (Å²) in [7, 11) is 1.84. The number of hydrogen-bond donors (Lipinski definition) is 0. The Kier molecular flexibility index (Phi) is 14.2. The van der Waals surface area contributed by atoms with Crippen LogP contribution < -0.4 is 10.4 Å². The van der Waals surface area contributed by atoms with Gasteiger partial charge in [0.2, 0.25) is 0 Å². The summed E-state index contributed by atoms with van der Waals surface area (Å²) in [5.74, 6) is 0. The lowest BCUT2D eigenvalue weighted by molar-refractivity contribution is 0.338. The summed E-state index contributed by atoms with van der Waals surface area (Å²) in [6, 6.07) is 27.8. The number of likely N-dealkylation sites (N-methyl/N-ethyl adjacent to an activating group) is 1. The molecule has 284 valence electrons. The number of rotatable bonds is 8. The minimum Gasteiger partial charge on any atom is -0.350 e. The van der Waals surface area contributed by atoms with Crippen molar-refractivity contribution >= 4 is 37.4 Å². The normalized spacial score (nSPS) is 14.6. The molecule has 1 aliphatic heterocycles. The zero-order chi connectivity index (χ0) is 39.2. The minimum atomic E-state index is -1.24. The zero-order valence-electron chi connectivity index (χ0n) is 36.1. The molecule has 0 amide bonds. The second-order valence-corrected chi connectivity index (χ2v) is 26.9. The monoisotopic (exact) mass is 743 g/mol. The van der Waals surface area contributed by atoms with E-state index >= 15 is 0 Å². The highest BCUT2D eigenvalue weighted by Gasteiger charge is 2.26. The van der Waals surface area contributed by atoms with E-state index in [1.807, 2.05) is 0 Å². The topological polar surface area (TPSA) is 8.17 Å². The smallest absolute Gasteiger partial charge is 0.0806 e. The molecule has 0 aliphatic carbocycles. The molecule has 4 aromatic carbocycles. The van der Waals surface area contributed by atoms with Crippen molar-refractivity contribution in [3.05, 3.63) is 141 Å². The molecule has 2 nitrogen and oxygen atoms in total. The fourth-order valence-corrected chi connectivity index (χ4v) is 13.4. The van der Waals surface area contributed by atoms with Gasteiger partial charge in [-0.15, -0.1) is 0 Å². The molecule has 53 heavy (non-hydrogen) atoms. The van der Waals surface area contributed by atoms with Gasteiger partial charge in [-0.25, -0.2) is 0 Å². The fourth-order valence-electron chi connectivity index (χ4n) is 8.35. The summed E-state index contributed by atoms with van der Waals surface area (Å²) in [5.41, 5.74) is 15.9. The Hall–Kier alpha value is -3.45. The molecule has 0 radical (unpaired) electrons. The minimum absolute atomic E-state index is 0.466. The van der Waals surface area contributed by atoms with E-state index in [4.69, 9.17) is 0 Å². The van der Waals surface area contributed by atoms with E-state index in [2.05, 4.69) is 197 Å². The second-order valence-electron chi connectivity index (χ2n) is 17.2. The second kappa shape index (κ2) is 17.8. The Morgan fingerprint density at radius 2 is 0.943 bits per heavy atom. The maximum atomic E-state index is 2.52. The molecule has 0 saturated heterocycles. The molecule has 0 N–H and O–H groups in total. The van der Waals surface area contributed by atoms with Gasteiger partial charge in [0.25, 0.3) is 0 Å². The summed E-state index contributed by atoms with van der Waals surface area (Å²) in [6.45, 7) is 31.3. The summed E-state index contributed by atoms with van der Waals surface area (Å²) in [4.78, 5) is 2.41. The largest absolute Gasteiger partial charge is 0.350 e. The summed E-state index contributed by atoms with van der Waals surface area (Å²) < 4.78 is 2.21. The van der Waals surface area contributed by atoms with E-state index in [1.54, 1.807) is 10.4 Å². The van der Waals surface area contributed by atoms with Gasteiger partial charge in [-0.3, -0.25) is 4.90 Å². The number of aryl methyl sites for hydroxylation is 3. The third-order valence-electron chi connectivity index (χ3n) is 13.0. The molecule has 2 heterocycles. The number of fused-ring (bicyclic) bond motifs is 1. The van der Waals surface area contributed by atoms with Crippen LogP contribution in [-0.4, -0.2) is 39.2 Å². The van der Waals surface area contributed by atoms with Crippen molar-refractivity contribution in [3.8, 4) is 0 Å². The van der Waals surface area contributed by atoms with Crippen LogP contribution in [0.5, 0.6) is 0 Å². The number of unbranched alkanes of at least 4 members (excludes halogenated alkanes) is 1. The average Bonchev–Trinajstić information content (AvgIpc) is 3.76. The first kappa shape index (κ1) is 42.3. The van der Waals surface area contributed by atoms with Crippen molar-refractivity contribution in [1.29, 1.82) is 0 Å². The molecule has 5 aromatic rings. The van der Waals surface area contributed by atoms with Gasteiger partial charge in [0.05, 0.1) is 27.7 Å². The standard InChI is InChI=1S/C20H30Si2.C16H23N.C13H17N/c1-21(2,19-13-7-5-8-14-19)17-11-12-18-22(3,4)20-15-9-6-10-16-20;1-10-11(2)13(4)16(14(5)12(10)3)15-8-7-9-17(15)6;1-8-9(2)11(4)13-12(10(8)3)6-7-14(13)5/h5-10,13-16H,11-12,17-18H2,1-4H3;7-8,15H,9H2,1-6H3;6-7H,1-5H3. The first-order valence-electron chi connectivity index (χ1n) is 20.0. The van der Waals surface area contributed by atoms with Gasteiger partial charge in [0.1, 0.15) is 0 Å². The van der Waals surface area contributed by atoms with E-state index in [-0.39, 0.29) is 0 Å². The lowest BCUT2D eigenvalue weighted by Crippen LogP contribution is -2.42. The number of nitrogens with zero attached hydrogens (tertiary/aromatic N) is 2. The molecule has 0 saturated carbocycles. The van der Waals surface area contributed by atoms with Crippen LogP contribution in [0.4, 0.5) is 0 Å². The van der Waals surface area contributed by atoms with Gasteiger partial charge in [-0.05, 0) is 131 Å². The molecular weight excluding hydrogens is 673 g/mol. The summed E-state index contributed by atoms with van der Waals surface area (Å²) in [5, 5.41) is 4.61. The van der Waals surface area contributed by atoms with Crippen LogP contribution in [-0.2, 0) is 7.05 Å². The highest BCUT2D eigenvalue weighted by atomic mass is 28.3. The van der Waals surface area contributed by atoms with E-state index in [9.17, 15) is 0 Å². The van der Waals surface area contributed by atoms with Gasteiger partial charge in [-0.2, -0.15) is 0 Å². The van der Waals surface area contributed by atoms with Gasteiger partial charge < -0.3 is 4.57 Å². The summed E-state index contributed by atoms with van der Waals surface area (Å²) >= 11 is 0. The molecule has 0 bridgehead atoms. The zero-order valence-corrected chi connectivity index (χ0v) is 38.1. The molecule has 0 spiro atoms. The SMILES string of the molecule is C[Si](C)(CCCC[Si](C)(C)c1ccccc1)c1ccccc1.Cc1c(C)c(C)c(C2C=CCN2C)c(C)c1C.Cc1c(C)c(C)c2c(ccn2C)c1C. The van der Waals surface area contributed by atoms with E-state index in [1.165, 1.54) is 91.5 Å². The first-order valence-corrected chi connectivity index (χ1v) is 26.4. The molecule has 1 aliphatic rings. The first-order chi connectivity index (χ1) is 24.9. The lowest BCUT2D eigenvalue weighted by Gasteiger charge is -2.27. The van der Waals surface area contributed by atoms with Gasteiger partial charge in [0, 0.05) is 25.2 Å². The lowest BCUT2D eigenvalue weighted by atomic mass is 9.86. The Labute approximate surface area is 326 Å². The Bertz CT molecular complexity index is 1930. The fraction of sp³-hybridized carbons (Fsp3) is 0.429. The average molecular weight is 743 g/mol. The van der Waals surface area contributed by atoms with Crippen LogP contribution in [0.2, 0.25) is 38.3 Å². The number of hydrogen-bond acceptors (Lipinski definition) is 1. The van der Waals surface area contributed by atoms with E-state index in [0.29, 0.717) is 6.04 Å². The van der Waals surface area contributed by atoms with Crippen LogP contribution in [0.15, 0.2) is 85.1 Å². The quantitative estimate of drug-likeness (QED) is 0.0873. The molecule has 1 aromatic heterocycles. The predicted octanol–water partition coefficient (Wildman–Crippen LogP) is 12.2. The molecule has 6 rings (SSSR count). The molecule has 1 atom stereocenters. The maximum absolute atomic E-state index is 2.52. The molecule has 1 unspecified atom stereocenters. The molecule has 0 fully saturated rings. The molecule has 4 heteroatoms. The summed E-state index contributed by atoms with van der Waals surface area (Å²) in [6.07, 6.45) is 9.52. The van der Waals surface area contributed by atoms with Crippen LogP contribution in [0, 0.1) is 62.3 Å². The van der Waals surface area contributed by atoms with E-state index < -0.39 is 16.1 Å². The number of benzene rings is 4. The Balaban J connectivity index is 0.000000182. The van der Waals surface area contributed by atoms with Crippen molar-refractivity contribution < 1.29 is 0 Å². The van der Waals surface area contributed by atoms with Gasteiger partial charge in [0.15, 0.2) is 0 Å². The third kappa shape index (κ3) is 9.63. The van der Waals surface area contributed by atoms with Crippen LogP contribution in [0.1, 0.15) is 74.5 Å². The maximum Gasteiger partial charge on any atom is 0.0806 e. The highest BCUT2D eigenvalue weighted by molar-refractivity contribution is 6.90. The predicted molar refractivity (Wildman–Crippen MR) is 242 cm³/mol. The van der Waals surface area contributed by atoms with Crippen molar-refractivity contribution in [1.82, 2.24) is 9.47 Å². The Morgan fingerprint density at radius 1 is 0.528 bits per heavy atom. The van der Waals surface area contributed by atoms with Crippen molar-refractivity contribution in [2.24, 2.45) is 7.05 Å². The van der Waals surface area contributed by atoms with Gasteiger partial charge >= 0.3 is 0 Å². The van der Waals surface area contributed by atoms with Crippen molar-refractivity contribution in [2.75, 3.05) is 13.6 Å². The van der Waals surface area contributed by atoms with Crippen molar-refractivity contribution in [3.63, 3.8) is 0 Å². The number of aromatic nitrogens is 1. The van der Waals surface area contributed by atoms with Crippen LogP contribution in [0.3, 0.4) is 0 Å². The third-order valence-corrected chi connectivity index (χ3v) is 20.0. The Morgan fingerprint density at radius 3 is 1.38 bits per heavy atom. The van der Waals surface area contributed by atoms with E-state index in [0.717, 1.165) is 6.54 Å². The van der Waals surface area contributed by atoms with Crippen LogP contribution >= 0.6 is 0 Å². The highest BCUT2D eigenvalue weighted by Crippen LogP contribution is 2.35. The van der Waals surface area contributed by atoms with Gasteiger partial charge in [-0.1, -0.05) is 134 Å². The molecular formula is C49H70N2Si2.